The Morgan fingerprint density at radius 1 is 1.04 bits per heavy atom. The second kappa shape index (κ2) is 5.35. The molecule has 1 aromatic heterocycles. The van der Waals surface area contributed by atoms with Gasteiger partial charge in [0.2, 0.25) is 5.91 Å². The van der Waals surface area contributed by atoms with Crippen LogP contribution in [0, 0.1) is 5.82 Å². The first-order chi connectivity index (χ1) is 11.2. The fourth-order valence-electron chi connectivity index (χ4n) is 3.02. The molecule has 0 fully saturated rings. The predicted molar refractivity (Wildman–Crippen MR) is 85.1 cm³/mol. The standard InChI is InChI=1S/C18H14FN3O/c19-16-9-5-4-8-13(16)14-10-17(23)21-18-15(14)11-20-22(18)12-6-2-1-3-7-12/h1-9,11,14H,10H2,(H,21,23)/t14-/m1/s1. The van der Waals surface area contributed by atoms with Gasteiger partial charge >= 0.3 is 0 Å². The van der Waals surface area contributed by atoms with Crippen LogP contribution in [-0.2, 0) is 4.79 Å². The number of benzene rings is 2. The normalized spacial score (nSPS) is 16.7. The van der Waals surface area contributed by atoms with Gasteiger partial charge in [0, 0.05) is 17.9 Å². The molecule has 3 aromatic rings. The lowest BCUT2D eigenvalue weighted by Gasteiger charge is -2.24. The van der Waals surface area contributed by atoms with E-state index in [2.05, 4.69) is 10.4 Å². The van der Waals surface area contributed by atoms with E-state index in [-0.39, 0.29) is 24.1 Å². The number of carbonyl (C=O) groups is 1. The number of hydrogen-bond acceptors (Lipinski definition) is 2. The van der Waals surface area contributed by atoms with E-state index < -0.39 is 0 Å². The van der Waals surface area contributed by atoms with Crippen molar-refractivity contribution in [3.63, 3.8) is 0 Å². The van der Waals surface area contributed by atoms with Gasteiger partial charge in [-0.1, -0.05) is 36.4 Å². The fraction of sp³-hybridized carbons (Fsp3) is 0.111. The summed E-state index contributed by atoms with van der Waals surface area (Å²) in [6, 6.07) is 16.1. The Hall–Kier alpha value is -2.95. The van der Waals surface area contributed by atoms with Crippen LogP contribution in [0.25, 0.3) is 5.69 Å². The van der Waals surface area contributed by atoms with Crippen LogP contribution in [0.15, 0.2) is 60.8 Å². The summed E-state index contributed by atoms with van der Waals surface area (Å²) in [6.45, 7) is 0. The average molecular weight is 307 g/mol. The maximum atomic E-state index is 14.2. The molecule has 0 saturated carbocycles. The number of nitrogens with zero attached hydrogens (tertiary/aromatic N) is 2. The zero-order valence-corrected chi connectivity index (χ0v) is 12.2. The van der Waals surface area contributed by atoms with Gasteiger partial charge in [-0.25, -0.2) is 9.07 Å². The van der Waals surface area contributed by atoms with Crippen molar-refractivity contribution in [1.82, 2.24) is 9.78 Å². The number of halogens is 1. The Kier molecular flexibility index (Phi) is 3.19. The highest BCUT2D eigenvalue weighted by Crippen LogP contribution is 2.38. The van der Waals surface area contributed by atoms with E-state index in [4.69, 9.17) is 0 Å². The van der Waals surface area contributed by atoms with Crippen molar-refractivity contribution in [2.45, 2.75) is 12.3 Å². The van der Waals surface area contributed by atoms with Crippen molar-refractivity contribution in [1.29, 1.82) is 0 Å². The largest absolute Gasteiger partial charge is 0.310 e. The number of aromatic nitrogens is 2. The second-order valence-electron chi connectivity index (χ2n) is 5.52. The van der Waals surface area contributed by atoms with Crippen molar-refractivity contribution in [3.05, 3.63) is 77.7 Å². The van der Waals surface area contributed by atoms with Gasteiger partial charge < -0.3 is 5.32 Å². The quantitative estimate of drug-likeness (QED) is 0.788. The first-order valence-electron chi connectivity index (χ1n) is 7.41. The summed E-state index contributed by atoms with van der Waals surface area (Å²) < 4.78 is 15.8. The van der Waals surface area contributed by atoms with Gasteiger partial charge in [-0.05, 0) is 23.8 Å². The summed E-state index contributed by atoms with van der Waals surface area (Å²) in [7, 11) is 0. The lowest BCUT2D eigenvalue weighted by molar-refractivity contribution is -0.116. The number of rotatable bonds is 2. The summed E-state index contributed by atoms with van der Waals surface area (Å²) >= 11 is 0. The molecule has 0 aliphatic carbocycles. The van der Waals surface area contributed by atoms with Crippen LogP contribution in [-0.4, -0.2) is 15.7 Å². The van der Waals surface area contributed by atoms with Crippen LogP contribution >= 0.6 is 0 Å². The van der Waals surface area contributed by atoms with Crippen LogP contribution in [0.3, 0.4) is 0 Å². The molecular formula is C18H14FN3O. The topological polar surface area (TPSA) is 46.9 Å². The van der Waals surface area contributed by atoms with Crippen LogP contribution in [0.1, 0.15) is 23.5 Å². The summed E-state index contributed by atoms with van der Waals surface area (Å²) in [4.78, 5) is 12.1. The van der Waals surface area contributed by atoms with Gasteiger partial charge in [0.15, 0.2) is 0 Å². The number of anilines is 1. The highest BCUT2D eigenvalue weighted by Gasteiger charge is 2.31. The Balaban J connectivity index is 1.85. The van der Waals surface area contributed by atoms with Crippen molar-refractivity contribution >= 4 is 11.7 Å². The summed E-state index contributed by atoms with van der Waals surface area (Å²) in [5.74, 6) is -0.146. The van der Waals surface area contributed by atoms with Gasteiger partial charge in [0.1, 0.15) is 11.6 Å². The minimum absolute atomic E-state index is 0.136. The SMILES string of the molecule is O=C1C[C@H](c2ccccc2F)c2cnn(-c3ccccc3)c2N1. The summed E-state index contributed by atoms with van der Waals surface area (Å²) in [6.07, 6.45) is 1.92. The van der Waals surface area contributed by atoms with E-state index in [0.717, 1.165) is 11.3 Å². The molecule has 0 unspecified atom stereocenters. The molecule has 23 heavy (non-hydrogen) atoms. The molecule has 114 valence electrons. The molecule has 0 bridgehead atoms. The minimum atomic E-state index is -0.322. The number of nitrogens with one attached hydrogen (secondary N) is 1. The van der Waals surface area contributed by atoms with Crippen molar-refractivity contribution in [2.24, 2.45) is 0 Å². The number of para-hydroxylation sites is 1. The maximum Gasteiger partial charge on any atom is 0.226 e. The number of fused-ring (bicyclic) bond motifs is 1. The Labute approximate surface area is 132 Å². The molecule has 1 aliphatic rings. The molecule has 0 saturated heterocycles. The monoisotopic (exact) mass is 307 g/mol. The van der Waals surface area contributed by atoms with Crippen LogP contribution in [0.2, 0.25) is 0 Å². The first kappa shape index (κ1) is 13.7. The summed E-state index contributed by atoms with van der Waals surface area (Å²) in [5.41, 5.74) is 2.21. The molecular weight excluding hydrogens is 293 g/mol. The zero-order valence-electron chi connectivity index (χ0n) is 12.2. The highest BCUT2D eigenvalue weighted by molar-refractivity contribution is 5.94. The van der Waals surface area contributed by atoms with Crippen LogP contribution < -0.4 is 5.32 Å². The predicted octanol–water partition coefficient (Wildman–Crippen LogP) is 3.49. The minimum Gasteiger partial charge on any atom is -0.310 e. The molecule has 4 rings (SSSR count). The molecule has 0 spiro atoms. The molecule has 1 amide bonds. The number of hydrogen-bond donors (Lipinski definition) is 1. The van der Waals surface area contributed by atoms with Gasteiger partial charge in [-0.15, -0.1) is 0 Å². The maximum absolute atomic E-state index is 14.2. The summed E-state index contributed by atoms with van der Waals surface area (Å²) in [5, 5.41) is 7.25. The number of amides is 1. The molecule has 1 aliphatic heterocycles. The van der Waals surface area contributed by atoms with E-state index in [9.17, 15) is 9.18 Å². The lowest BCUT2D eigenvalue weighted by Crippen LogP contribution is -2.25. The van der Waals surface area contributed by atoms with Crippen molar-refractivity contribution in [2.75, 3.05) is 5.32 Å². The molecule has 2 heterocycles. The molecule has 4 nitrogen and oxygen atoms in total. The van der Waals surface area contributed by atoms with Gasteiger partial charge in [0.05, 0.1) is 11.9 Å². The van der Waals surface area contributed by atoms with E-state index >= 15 is 0 Å². The first-order valence-corrected chi connectivity index (χ1v) is 7.41. The van der Waals surface area contributed by atoms with Gasteiger partial charge in [0.25, 0.3) is 0 Å². The Morgan fingerprint density at radius 2 is 1.78 bits per heavy atom. The van der Waals surface area contributed by atoms with E-state index in [1.165, 1.54) is 6.07 Å². The van der Waals surface area contributed by atoms with Crippen LogP contribution in [0.5, 0.6) is 0 Å². The lowest BCUT2D eigenvalue weighted by atomic mass is 9.87. The second-order valence-corrected chi connectivity index (χ2v) is 5.52. The Bertz CT molecular complexity index is 873. The van der Waals surface area contributed by atoms with E-state index in [0.29, 0.717) is 11.4 Å². The molecule has 1 N–H and O–H groups in total. The molecule has 1 atom stereocenters. The smallest absolute Gasteiger partial charge is 0.226 e. The third-order valence-electron chi connectivity index (χ3n) is 4.10. The third-order valence-corrected chi connectivity index (χ3v) is 4.10. The third kappa shape index (κ3) is 2.30. The Morgan fingerprint density at radius 3 is 2.57 bits per heavy atom. The number of carbonyl (C=O) groups excluding carboxylic acids is 1. The molecule has 0 radical (unpaired) electrons. The van der Waals surface area contributed by atoms with Crippen molar-refractivity contribution in [3.8, 4) is 5.69 Å². The average Bonchev–Trinajstić information content (AvgIpc) is 2.99. The highest BCUT2D eigenvalue weighted by atomic mass is 19.1. The zero-order chi connectivity index (χ0) is 15.8. The molecule has 2 aromatic carbocycles. The van der Waals surface area contributed by atoms with E-state index in [1.54, 1.807) is 29.1 Å². The van der Waals surface area contributed by atoms with E-state index in [1.807, 2.05) is 30.3 Å². The van der Waals surface area contributed by atoms with Crippen LogP contribution in [0.4, 0.5) is 10.2 Å². The molecule has 5 heteroatoms. The van der Waals surface area contributed by atoms with Gasteiger partial charge in [-0.2, -0.15) is 5.10 Å². The van der Waals surface area contributed by atoms with Gasteiger partial charge in [-0.3, -0.25) is 4.79 Å². The van der Waals surface area contributed by atoms with Crippen molar-refractivity contribution < 1.29 is 9.18 Å². The fourth-order valence-corrected chi connectivity index (χ4v) is 3.02.